The Balaban J connectivity index is 2.26. The molecule has 0 bridgehead atoms. The zero-order valence-corrected chi connectivity index (χ0v) is 16.0. The van der Waals surface area contributed by atoms with Crippen LogP contribution in [-0.4, -0.2) is 27.3 Å². The minimum absolute atomic E-state index is 0.0680. The van der Waals surface area contributed by atoms with Crippen LogP contribution in [0.5, 0.6) is 0 Å². The molecule has 1 N–H and O–H groups in total. The number of fused-ring (bicyclic) bond motifs is 1. The number of halogens is 1. The first-order chi connectivity index (χ1) is 12.0. The van der Waals surface area contributed by atoms with Crippen molar-refractivity contribution in [2.45, 2.75) is 44.4 Å². The van der Waals surface area contributed by atoms with Crippen LogP contribution < -0.4 is 10.9 Å². The Morgan fingerprint density at radius 1 is 1.52 bits per heavy atom. The highest BCUT2D eigenvalue weighted by atomic mass is 35.5. The summed E-state index contributed by atoms with van der Waals surface area (Å²) in [6.45, 7) is 8.08. The molecule has 7 heteroatoms. The number of nitrogens with zero attached hydrogens (tertiary/aromatic N) is 2. The molecule has 0 unspecified atom stereocenters. The minimum Gasteiger partial charge on any atom is -0.353 e. The van der Waals surface area contributed by atoms with Crippen molar-refractivity contribution in [3.8, 4) is 0 Å². The van der Waals surface area contributed by atoms with E-state index in [0.717, 1.165) is 12.8 Å². The van der Waals surface area contributed by atoms with E-state index in [0.29, 0.717) is 27.6 Å². The van der Waals surface area contributed by atoms with Crippen molar-refractivity contribution >= 4 is 40.2 Å². The lowest BCUT2D eigenvalue weighted by Crippen LogP contribution is -2.34. The lowest BCUT2D eigenvalue weighted by atomic mass is 10.2. The summed E-state index contributed by atoms with van der Waals surface area (Å²) in [5, 5.41) is 4.39. The lowest BCUT2D eigenvalue weighted by molar-refractivity contribution is -0.119. The second-order valence-electron chi connectivity index (χ2n) is 5.81. The highest BCUT2D eigenvalue weighted by Crippen LogP contribution is 2.20. The fourth-order valence-electron chi connectivity index (χ4n) is 2.52. The fraction of sp³-hybridized carbons (Fsp3) is 0.389. The number of aromatic nitrogens is 2. The van der Waals surface area contributed by atoms with Crippen LogP contribution in [0.25, 0.3) is 10.9 Å². The van der Waals surface area contributed by atoms with Gasteiger partial charge in [-0.2, -0.15) is 0 Å². The maximum Gasteiger partial charge on any atom is 0.262 e. The molecular formula is C18H22ClN3O2S. The van der Waals surface area contributed by atoms with E-state index in [2.05, 4.69) is 23.8 Å². The average Bonchev–Trinajstić information content (AvgIpc) is 2.56. The molecule has 0 saturated carbocycles. The van der Waals surface area contributed by atoms with Gasteiger partial charge in [-0.15, -0.1) is 6.58 Å². The second-order valence-corrected chi connectivity index (χ2v) is 7.19. The summed E-state index contributed by atoms with van der Waals surface area (Å²) in [5.74, 6) is 0.137. The van der Waals surface area contributed by atoms with Gasteiger partial charge < -0.3 is 5.32 Å². The third kappa shape index (κ3) is 5.09. The number of thioether (sulfide) groups is 1. The van der Waals surface area contributed by atoms with Crippen molar-refractivity contribution in [1.29, 1.82) is 0 Å². The van der Waals surface area contributed by atoms with Gasteiger partial charge in [0.25, 0.3) is 5.56 Å². The van der Waals surface area contributed by atoms with Gasteiger partial charge in [-0.25, -0.2) is 4.98 Å². The first-order valence-electron chi connectivity index (χ1n) is 8.19. The summed E-state index contributed by atoms with van der Waals surface area (Å²) in [6, 6.07) is 5.16. The molecule has 1 heterocycles. The fourth-order valence-corrected chi connectivity index (χ4v) is 3.52. The molecule has 0 fully saturated rings. The number of benzene rings is 1. The number of allylic oxidation sites excluding steroid dienone is 1. The Bertz CT molecular complexity index is 835. The molecule has 1 aromatic heterocycles. The molecular weight excluding hydrogens is 358 g/mol. The van der Waals surface area contributed by atoms with E-state index in [4.69, 9.17) is 11.6 Å². The van der Waals surface area contributed by atoms with Crippen LogP contribution in [-0.2, 0) is 11.3 Å². The van der Waals surface area contributed by atoms with E-state index in [1.165, 1.54) is 16.3 Å². The monoisotopic (exact) mass is 379 g/mol. The van der Waals surface area contributed by atoms with Crippen LogP contribution in [0.2, 0.25) is 5.02 Å². The van der Waals surface area contributed by atoms with Gasteiger partial charge >= 0.3 is 0 Å². The van der Waals surface area contributed by atoms with E-state index in [1.807, 2.05) is 6.92 Å². The Labute approximate surface area is 156 Å². The zero-order chi connectivity index (χ0) is 18.4. The topological polar surface area (TPSA) is 64.0 Å². The van der Waals surface area contributed by atoms with Gasteiger partial charge in [-0.05, 0) is 31.5 Å². The van der Waals surface area contributed by atoms with E-state index in [9.17, 15) is 9.59 Å². The van der Waals surface area contributed by atoms with Gasteiger partial charge in [0.2, 0.25) is 5.91 Å². The third-order valence-corrected chi connectivity index (χ3v) is 4.87. The predicted molar refractivity (Wildman–Crippen MR) is 104 cm³/mol. The Morgan fingerprint density at radius 3 is 2.96 bits per heavy atom. The number of carbonyl (C=O) groups excluding carboxylic acids is 1. The highest BCUT2D eigenvalue weighted by Gasteiger charge is 2.14. The minimum atomic E-state index is -0.186. The molecule has 0 aliphatic heterocycles. The van der Waals surface area contributed by atoms with Gasteiger partial charge in [0, 0.05) is 17.6 Å². The predicted octanol–water partition coefficient (Wildman–Crippen LogP) is 3.63. The average molecular weight is 380 g/mol. The van der Waals surface area contributed by atoms with Gasteiger partial charge in [-0.1, -0.05) is 42.8 Å². The number of carbonyl (C=O) groups is 1. The second kappa shape index (κ2) is 9.06. The number of rotatable bonds is 8. The Hall–Kier alpha value is -1.79. The summed E-state index contributed by atoms with van der Waals surface area (Å²) < 4.78 is 1.51. The van der Waals surface area contributed by atoms with Crippen molar-refractivity contribution in [2.24, 2.45) is 0 Å². The standard InChI is InChI=1S/C18H22ClN3O2S/c1-4-6-12(3)20-16(23)11-25-18-21-15-8-7-13(19)10-14(15)17(24)22(18)9-5-2/h5,7-8,10,12H,2,4,6,9,11H2,1,3H3,(H,20,23)/t12-/m1/s1. The molecule has 0 aliphatic carbocycles. The van der Waals surface area contributed by atoms with Crippen LogP contribution in [0.4, 0.5) is 0 Å². The molecule has 2 aromatic rings. The van der Waals surface area contributed by atoms with Crippen LogP contribution in [0, 0.1) is 0 Å². The number of hydrogen-bond acceptors (Lipinski definition) is 4. The zero-order valence-electron chi connectivity index (χ0n) is 14.4. The van der Waals surface area contributed by atoms with Crippen molar-refractivity contribution < 1.29 is 4.79 Å². The molecule has 1 aromatic carbocycles. The van der Waals surface area contributed by atoms with Crippen LogP contribution in [0.1, 0.15) is 26.7 Å². The molecule has 0 saturated heterocycles. The smallest absolute Gasteiger partial charge is 0.262 e. The van der Waals surface area contributed by atoms with E-state index in [1.54, 1.807) is 24.3 Å². The summed E-state index contributed by atoms with van der Waals surface area (Å²) in [7, 11) is 0. The maximum atomic E-state index is 12.7. The SMILES string of the molecule is C=CCn1c(SCC(=O)N[C@H](C)CCC)nc2ccc(Cl)cc2c1=O. The lowest BCUT2D eigenvalue weighted by Gasteiger charge is -2.14. The molecule has 2 rings (SSSR count). The van der Waals surface area contributed by atoms with Crippen molar-refractivity contribution in [3.63, 3.8) is 0 Å². The summed E-state index contributed by atoms with van der Waals surface area (Å²) >= 11 is 7.23. The van der Waals surface area contributed by atoms with Gasteiger partial charge in [-0.3, -0.25) is 14.2 Å². The number of amides is 1. The number of hydrogen-bond donors (Lipinski definition) is 1. The largest absolute Gasteiger partial charge is 0.353 e. The van der Waals surface area contributed by atoms with Crippen molar-refractivity contribution in [3.05, 3.63) is 46.2 Å². The normalized spacial score (nSPS) is 12.1. The first-order valence-corrected chi connectivity index (χ1v) is 9.55. The van der Waals surface area contributed by atoms with E-state index < -0.39 is 0 Å². The molecule has 5 nitrogen and oxygen atoms in total. The van der Waals surface area contributed by atoms with E-state index in [-0.39, 0.29) is 23.3 Å². The first kappa shape index (κ1) is 19.5. The molecule has 0 spiro atoms. The van der Waals surface area contributed by atoms with Crippen LogP contribution >= 0.6 is 23.4 Å². The molecule has 0 aliphatic rings. The molecule has 1 amide bonds. The van der Waals surface area contributed by atoms with Crippen LogP contribution in [0.15, 0.2) is 40.8 Å². The molecule has 1 atom stereocenters. The highest BCUT2D eigenvalue weighted by molar-refractivity contribution is 7.99. The van der Waals surface area contributed by atoms with Crippen LogP contribution in [0.3, 0.4) is 0 Å². The third-order valence-electron chi connectivity index (χ3n) is 3.65. The van der Waals surface area contributed by atoms with Gasteiger partial charge in [0.1, 0.15) is 0 Å². The summed E-state index contributed by atoms with van der Waals surface area (Å²) in [4.78, 5) is 29.3. The summed E-state index contributed by atoms with van der Waals surface area (Å²) in [5.41, 5.74) is 0.381. The Kier molecular flexibility index (Phi) is 7.08. The molecule has 0 radical (unpaired) electrons. The number of nitrogens with one attached hydrogen (secondary N) is 1. The van der Waals surface area contributed by atoms with Gasteiger partial charge in [0.05, 0.1) is 16.7 Å². The van der Waals surface area contributed by atoms with Crippen molar-refractivity contribution in [2.75, 3.05) is 5.75 Å². The molecule has 134 valence electrons. The Morgan fingerprint density at radius 2 is 2.28 bits per heavy atom. The maximum absolute atomic E-state index is 12.7. The quantitative estimate of drug-likeness (QED) is 0.432. The van der Waals surface area contributed by atoms with Gasteiger partial charge in [0.15, 0.2) is 5.16 Å². The summed E-state index contributed by atoms with van der Waals surface area (Å²) in [6.07, 6.45) is 3.59. The molecule has 25 heavy (non-hydrogen) atoms. The van der Waals surface area contributed by atoms with E-state index >= 15 is 0 Å². The van der Waals surface area contributed by atoms with Crippen molar-refractivity contribution in [1.82, 2.24) is 14.9 Å².